The van der Waals surface area contributed by atoms with Gasteiger partial charge < -0.3 is 21.9 Å². The van der Waals surface area contributed by atoms with Gasteiger partial charge in [0.05, 0.1) is 11.5 Å². The summed E-state index contributed by atoms with van der Waals surface area (Å²) >= 11 is 1.67. The number of nitrogens with zero attached hydrogens (tertiary/aromatic N) is 3. The number of hydrazone groups is 1. The molecule has 0 spiro atoms. The zero-order valence-electron chi connectivity index (χ0n) is 13.8. The van der Waals surface area contributed by atoms with E-state index in [9.17, 15) is 0 Å². The molecule has 0 fully saturated rings. The second-order valence-corrected chi connectivity index (χ2v) is 6.89. The summed E-state index contributed by atoms with van der Waals surface area (Å²) in [7, 11) is 4.06. The number of hydrogen-bond donors (Lipinski definition) is 1. The molecule has 1 unspecified atom stereocenters. The first-order valence-electron chi connectivity index (χ1n) is 7.56. The molecular weight excluding hydrogens is 384 g/mol. The monoisotopic (exact) mass is 404 g/mol. The highest BCUT2D eigenvalue weighted by Gasteiger charge is 2.29. The summed E-state index contributed by atoms with van der Waals surface area (Å²) in [6.07, 6.45) is 1.86. The Labute approximate surface area is 157 Å². The Morgan fingerprint density at radius 3 is 2.42 bits per heavy atom. The van der Waals surface area contributed by atoms with E-state index in [1.165, 1.54) is 11.3 Å². The first-order chi connectivity index (χ1) is 11.1. The van der Waals surface area contributed by atoms with E-state index < -0.39 is 0 Å². The third-order valence-electron chi connectivity index (χ3n) is 3.78. The van der Waals surface area contributed by atoms with Crippen molar-refractivity contribution in [2.24, 2.45) is 10.8 Å². The lowest BCUT2D eigenvalue weighted by Gasteiger charge is -2.11. The standard InChI is InChI=1S/C18H20N4S.BrH/c1-21(2)16-10-8-14(9-11-16)12-20-22-13-17(23-18(22)19)15-6-4-3-5-7-15;/h3-12,17,19H,13H2,1-2H3;1H. The highest BCUT2D eigenvalue weighted by atomic mass is 79.9. The fourth-order valence-electron chi connectivity index (χ4n) is 2.43. The molecule has 1 heterocycles. The number of benzene rings is 2. The molecule has 2 N–H and O–H groups in total. The quantitative estimate of drug-likeness (QED) is 0.571. The first kappa shape index (κ1) is 18.5. The maximum atomic E-state index is 6.12. The summed E-state index contributed by atoms with van der Waals surface area (Å²) in [6.45, 7) is 0.798. The third-order valence-corrected chi connectivity index (χ3v) is 4.94. The minimum absolute atomic E-state index is 0. The van der Waals surface area contributed by atoms with Gasteiger partial charge in [0, 0.05) is 19.8 Å². The van der Waals surface area contributed by atoms with E-state index >= 15 is 0 Å². The van der Waals surface area contributed by atoms with Crippen LogP contribution in [0.5, 0.6) is 0 Å². The number of amidine groups is 1. The molecule has 0 bridgehead atoms. The predicted octanol–water partition coefficient (Wildman–Crippen LogP) is -0.0942. The Kier molecular flexibility index (Phi) is 6.45. The molecule has 1 aliphatic rings. The summed E-state index contributed by atoms with van der Waals surface area (Å²) in [4.78, 5) is 2.08. The zero-order valence-corrected chi connectivity index (χ0v) is 16.2. The van der Waals surface area contributed by atoms with Gasteiger partial charge >= 0.3 is 5.17 Å². The van der Waals surface area contributed by atoms with Crippen molar-refractivity contribution in [3.8, 4) is 0 Å². The number of rotatable bonds is 4. The van der Waals surface area contributed by atoms with E-state index in [0.717, 1.165) is 17.3 Å². The molecule has 126 valence electrons. The van der Waals surface area contributed by atoms with Crippen molar-refractivity contribution < 1.29 is 21.7 Å². The van der Waals surface area contributed by atoms with Crippen molar-refractivity contribution in [1.29, 1.82) is 0 Å². The van der Waals surface area contributed by atoms with E-state index in [0.29, 0.717) is 5.25 Å². The lowest BCUT2D eigenvalue weighted by atomic mass is 10.1. The number of hydrogen-bond acceptors (Lipinski definition) is 4. The molecule has 6 heteroatoms. The van der Waals surface area contributed by atoms with Gasteiger partial charge in [-0.2, -0.15) is 0 Å². The highest BCUT2D eigenvalue weighted by Crippen LogP contribution is 2.33. The van der Waals surface area contributed by atoms with Crippen molar-refractivity contribution in [2.45, 2.75) is 5.25 Å². The number of anilines is 1. The molecule has 0 aliphatic carbocycles. The molecule has 2 aromatic carbocycles. The van der Waals surface area contributed by atoms with E-state index in [2.05, 4.69) is 58.5 Å². The van der Waals surface area contributed by atoms with Crippen LogP contribution in [-0.4, -0.2) is 36.7 Å². The minimum atomic E-state index is 0. The van der Waals surface area contributed by atoms with Crippen LogP contribution in [-0.2, 0) is 0 Å². The smallest absolute Gasteiger partial charge is 0.330 e. The highest BCUT2D eigenvalue weighted by molar-refractivity contribution is 8.13. The maximum absolute atomic E-state index is 6.12. The third kappa shape index (κ3) is 4.39. The summed E-state index contributed by atoms with van der Waals surface area (Å²) < 4.78 is 1.88. The molecule has 0 saturated heterocycles. The van der Waals surface area contributed by atoms with Gasteiger partial charge in [0.25, 0.3) is 0 Å². The Bertz CT molecular complexity index is 726. The lowest BCUT2D eigenvalue weighted by molar-refractivity contribution is -0.527. The van der Waals surface area contributed by atoms with E-state index in [-0.39, 0.29) is 17.0 Å². The van der Waals surface area contributed by atoms with Gasteiger partial charge in [0.15, 0.2) is 0 Å². The van der Waals surface area contributed by atoms with Crippen LogP contribution in [0.25, 0.3) is 0 Å². The van der Waals surface area contributed by atoms with Crippen LogP contribution < -0.4 is 27.6 Å². The normalized spacial score (nSPS) is 17.2. The molecule has 1 atom stereocenters. The molecule has 3 rings (SSSR count). The summed E-state index contributed by atoms with van der Waals surface area (Å²) in [5.41, 5.74) is 9.65. The maximum Gasteiger partial charge on any atom is 0.330 e. The molecule has 4 nitrogen and oxygen atoms in total. The molecule has 0 aromatic heterocycles. The van der Waals surface area contributed by atoms with Crippen molar-refractivity contribution in [3.63, 3.8) is 0 Å². The van der Waals surface area contributed by atoms with Gasteiger partial charge in [0.1, 0.15) is 6.54 Å². The van der Waals surface area contributed by atoms with Crippen molar-refractivity contribution in [2.75, 3.05) is 25.5 Å². The van der Waals surface area contributed by atoms with Crippen LogP contribution in [0.1, 0.15) is 16.4 Å². The van der Waals surface area contributed by atoms with Crippen LogP contribution in [0.4, 0.5) is 5.69 Å². The van der Waals surface area contributed by atoms with Gasteiger partial charge in [-0.15, -0.1) is 4.68 Å². The van der Waals surface area contributed by atoms with Gasteiger partial charge in [0.2, 0.25) is 0 Å². The minimum Gasteiger partial charge on any atom is -1.00 e. The predicted molar refractivity (Wildman–Crippen MR) is 99.5 cm³/mol. The van der Waals surface area contributed by atoms with Crippen LogP contribution in [0.15, 0.2) is 59.7 Å². The molecule has 24 heavy (non-hydrogen) atoms. The van der Waals surface area contributed by atoms with Crippen LogP contribution in [0.3, 0.4) is 0 Å². The van der Waals surface area contributed by atoms with Crippen molar-refractivity contribution in [1.82, 2.24) is 0 Å². The Balaban J connectivity index is 0.00000208. The largest absolute Gasteiger partial charge is 1.00 e. The number of thioether (sulfide) groups is 1. The second-order valence-electron chi connectivity index (χ2n) is 5.67. The van der Waals surface area contributed by atoms with Gasteiger partial charge in [-0.3, -0.25) is 5.73 Å². The van der Waals surface area contributed by atoms with Gasteiger partial charge in [-0.05, 0) is 35.0 Å². The summed E-state index contributed by atoms with van der Waals surface area (Å²) in [5, 5.41) is 5.62. The van der Waals surface area contributed by atoms with E-state index in [4.69, 9.17) is 5.73 Å². The lowest BCUT2D eigenvalue weighted by Crippen LogP contribution is -3.00. The molecule has 0 radical (unpaired) electrons. The number of halogens is 1. The Morgan fingerprint density at radius 2 is 1.79 bits per heavy atom. The fraction of sp³-hybridized carbons (Fsp3) is 0.222. The van der Waals surface area contributed by atoms with Crippen LogP contribution in [0, 0.1) is 0 Å². The molecule has 1 aliphatic heterocycles. The van der Waals surface area contributed by atoms with Crippen molar-refractivity contribution >= 4 is 28.8 Å². The second kappa shape index (κ2) is 8.35. The van der Waals surface area contributed by atoms with E-state index in [1.54, 1.807) is 11.8 Å². The first-order valence-corrected chi connectivity index (χ1v) is 8.44. The molecule has 0 saturated carbocycles. The Morgan fingerprint density at radius 1 is 1.12 bits per heavy atom. The topological polar surface area (TPSA) is 44.6 Å². The molecule has 2 aromatic rings. The van der Waals surface area contributed by atoms with E-state index in [1.807, 2.05) is 31.1 Å². The van der Waals surface area contributed by atoms with Crippen LogP contribution >= 0.6 is 11.8 Å². The Hall–Kier alpha value is -1.79. The summed E-state index contributed by atoms with van der Waals surface area (Å²) in [6, 6.07) is 18.7. The fourth-order valence-corrected chi connectivity index (χ4v) is 3.47. The average Bonchev–Trinajstić information content (AvgIpc) is 2.95. The number of nitrogens with two attached hydrogens (primary N) is 1. The molecule has 0 amide bonds. The van der Waals surface area contributed by atoms with Crippen LogP contribution in [0.2, 0.25) is 0 Å². The van der Waals surface area contributed by atoms with Gasteiger partial charge in [-0.1, -0.05) is 47.6 Å². The zero-order chi connectivity index (χ0) is 16.2. The van der Waals surface area contributed by atoms with Gasteiger partial charge in [-0.25, -0.2) is 0 Å². The van der Waals surface area contributed by atoms with Crippen molar-refractivity contribution in [3.05, 3.63) is 65.7 Å². The molecular formula is C18H21BrN4S. The summed E-state index contributed by atoms with van der Waals surface area (Å²) in [5.74, 6) is 0. The average molecular weight is 405 g/mol. The SMILES string of the molecule is CN(C)c1ccc(C=N[N+]2=C(N)SC(c3ccccc3)C2)cc1.[Br-].